The number of allylic oxidation sites excluding steroid dienone is 5. The lowest BCUT2D eigenvalue weighted by Gasteiger charge is -2.11. The molecule has 0 radical (unpaired) electrons. The summed E-state index contributed by atoms with van der Waals surface area (Å²) >= 11 is 0. The molecule has 296 valence electrons. The summed E-state index contributed by atoms with van der Waals surface area (Å²) < 4.78 is 27.6. The fourth-order valence-electron chi connectivity index (χ4n) is 6.63. The van der Waals surface area contributed by atoms with Gasteiger partial charge in [-0.2, -0.15) is 0 Å². The first kappa shape index (κ1) is 44.2. The van der Waals surface area contributed by atoms with Crippen LogP contribution in [-0.2, 0) is 38.5 Å². The van der Waals surface area contributed by atoms with Crippen LogP contribution in [0.5, 0.6) is 0 Å². The molecule has 0 fully saturated rings. The monoisotopic (exact) mass is 770 g/mol. The molecule has 6 rings (SSSR count). The van der Waals surface area contributed by atoms with Gasteiger partial charge in [0, 0.05) is 22.5 Å². The molecule has 0 saturated heterocycles. The van der Waals surface area contributed by atoms with Gasteiger partial charge in [0.05, 0.1) is 0 Å². The van der Waals surface area contributed by atoms with E-state index in [0.717, 1.165) is 59.3 Å². The summed E-state index contributed by atoms with van der Waals surface area (Å²) in [6, 6.07) is 39.2. The molecule has 0 aliphatic rings. The average Bonchev–Trinajstić information content (AvgIpc) is 3.22. The van der Waals surface area contributed by atoms with Crippen LogP contribution in [0.4, 0.5) is 20.2 Å². The van der Waals surface area contributed by atoms with Crippen LogP contribution >= 0.6 is 0 Å². The van der Waals surface area contributed by atoms with Crippen LogP contribution in [-0.4, -0.2) is 0 Å². The summed E-state index contributed by atoms with van der Waals surface area (Å²) in [6.07, 6.45) is 15.1. The van der Waals surface area contributed by atoms with Gasteiger partial charge in [0.25, 0.3) is 0 Å². The van der Waals surface area contributed by atoms with Crippen molar-refractivity contribution in [3.8, 4) is 33.4 Å². The fraction of sp³-hybridized carbons (Fsp3) is 0.148. The molecule has 0 aliphatic carbocycles. The predicted molar refractivity (Wildman–Crippen MR) is 248 cm³/mol. The van der Waals surface area contributed by atoms with Gasteiger partial charge in [-0.25, -0.2) is 8.78 Å². The summed E-state index contributed by atoms with van der Waals surface area (Å²) in [6.45, 7) is 20.8. The van der Waals surface area contributed by atoms with Crippen molar-refractivity contribution >= 4 is 11.4 Å². The molecule has 4 N–H and O–H groups in total. The Bertz CT molecular complexity index is 2220. The van der Waals surface area contributed by atoms with Crippen molar-refractivity contribution in [2.75, 3.05) is 11.5 Å². The van der Waals surface area contributed by atoms with E-state index in [0.29, 0.717) is 29.5 Å². The first-order chi connectivity index (χ1) is 28.1. The number of hydrogen-bond acceptors (Lipinski definition) is 2. The number of rotatable bonds is 15. The van der Waals surface area contributed by atoms with Crippen LogP contribution in [0.25, 0.3) is 33.4 Å². The number of aryl methyl sites for hydroxylation is 1. The van der Waals surface area contributed by atoms with E-state index < -0.39 is 0 Å². The molecule has 58 heavy (non-hydrogen) atoms. The Balaban J connectivity index is 0.000000193. The van der Waals surface area contributed by atoms with E-state index in [4.69, 9.17) is 11.5 Å². The second-order valence-electron chi connectivity index (χ2n) is 14.1. The highest BCUT2D eigenvalue weighted by Crippen LogP contribution is 2.31. The molecule has 0 aromatic heterocycles. The number of hydrogen-bond donors (Lipinski definition) is 2. The van der Waals surface area contributed by atoms with Crippen LogP contribution in [0.15, 0.2) is 185 Å². The Morgan fingerprint density at radius 1 is 0.431 bits per heavy atom. The largest absolute Gasteiger partial charge is 0.398 e. The van der Waals surface area contributed by atoms with Gasteiger partial charge >= 0.3 is 0 Å². The van der Waals surface area contributed by atoms with Crippen LogP contribution in [0.2, 0.25) is 0 Å². The van der Waals surface area contributed by atoms with E-state index >= 15 is 0 Å². The lowest BCUT2D eigenvalue weighted by atomic mass is 9.97. The maximum atomic E-state index is 14.0. The Morgan fingerprint density at radius 3 is 1.52 bits per heavy atom. The molecule has 6 aromatic rings. The maximum Gasteiger partial charge on any atom is 0.131 e. The molecule has 0 atom stereocenters. The summed E-state index contributed by atoms with van der Waals surface area (Å²) in [4.78, 5) is 0. The SMILES string of the molecule is C=CCc1ccc(F)c(-c2ccc(F)c(CC=C)c2)c1.C=CCc1ccc(N)c(-c2ccc(N)c(CC=C)c2)c1.C=CCc1cccc(-c2cccc(CCC)c2)c1. The summed E-state index contributed by atoms with van der Waals surface area (Å²) in [7, 11) is 0. The zero-order valence-corrected chi connectivity index (χ0v) is 33.8. The summed E-state index contributed by atoms with van der Waals surface area (Å²) in [5, 5.41) is 0. The third kappa shape index (κ3) is 12.8. The molecular formula is C54H56F2N2. The van der Waals surface area contributed by atoms with E-state index in [9.17, 15) is 8.78 Å². The minimum Gasteiger partial charge on any atom is -0.398 e. The normalized spacial score (nSPS) is 10.3. The van der Waals surface area contributed by atoms with E-state index in [1.165, 1.54) is 46.4 Å². The van der Waals surface area contributed by atoms with Crippen LogP contribution in [0.1, 0.15) is 46.7 Å². The predicted octanol–water partition coefficient (Wildman–Crippen LogP) is 14.1. The fourth-order valence-corrected chi connectivity index (χ4v) is 6.63. The number of halogens is 2. The molecule has 4 heteroatoms. The van der Waals surface area contributed by atoms with Gasteiger partial charge in [-0.15, -0.1) is 32.9 Å². The van der Waals surface area contributed by atoms with E-state index in [2.05, 4.69) is 100 Å². The van der Waals surface area contributed by atoms with Crippen molar-refractivity contribution < 1.29 is 8.78 Å². The van der Waals surface area contributed by atoms with Gasteiger partial charge < -0.3 is 11.5 Å². The minimum absolute atomic E-state index is 0.295. The quantitative estimate of drug-likeness (QED) is 0.0807. The highest BCUT2D eigenvalue weighted by molar-refractivity contribution is 5.79. The first-order valence-electron chi connectivity index (χ1n) is 19.7. The molecule has 0 unspecified atom stereocenters. The highest BCUT2D eigenvalue weighted by Gasteiger charge is 2.10. The van der Waals surface area contributed by atoms with Crippen LogP contribution < -0.4 is 11.5 Å². The number of nitrogens with two attached hydrogens (primary N) is 2. The average molecular weight is 771 g/mol. The lowest BCUT2D eigenvalue weighted by molar-refractivity contribution is 0.614. The number of anilines is 2. The Kier molecular flexibility index (Phi) is 17.4. The second kappa shape index (κ2) is 22.9. The van der Waals surface area contributed by atoms with Crippen molar-refractivity contribution in [3.05, 3.63) is 230 Å². The lowest BCUT2D eigenvalue weighted by Crippen LogP contribution is -1.96. The highest BCUT2D eigenvalue weighted by atomic mass is 19.1. The molecule has 0 saturated carbocycles. The van der Waals surface area contributed by atoms with Gasteiger partial charge in [0.1, 0.15) is 11.6 Å². The molecule has 0 spiro atoms. The smallest absolute Gasteiger partial charge is 0.131 e. The molecular weight excluding hydrogens is 715 g/mol. The van der Waals surface area contributed by atoms with Crippen molar-refractivity contribution in [1.82, 2.24) is 0 Å². The minimum atomic E-state index is -0.311. The van der Waals surface area contributed by atoms with Crippen LogP contribution in [0, 0.1) is 11.6 Å². The van der Waals surface area contributed by atoms with E-state index in [1.807, 2.05) is 42.5 Å². The first-order valence-corrected chi connectivity index (χ1v) is 19.7. The van der Waals surface area contributed by atoms with Crippen molar-refractivity contribution in [1.29, 1.82) is 0 Å². The maximum absolute atomic E-state index is 14.0. The topological polar surface area (TPSA) is 52.0 Å². The third-order valence-electron chi connectivity index (χ3n) is 9.55. The molecule has 0 aliphatic heterocycles. The Hall–Kier alpha value is -6.52. The molecule has 0 bridgehead atoms. The summed E-state index contributed by atoms with van der Waals surface area (Å²) in [5.74, 6) is -0.606. The standard InChI is InChI=1S/C18H16F2.C18H20N2.C18H20/c2*1-3-5-13-7-9-18(20)16(11-13)14-8-10-17(19)15(12-14)6-4-2;1-3-7-15-9-5-11-17(13-15)18-12-6-10-16(14-18)8-4-2/h3-4,7-12H,1-2,5-6H2;3-4,7-12H,1-2,5-6,19-20H2;3,5-6,9-14H,1,4,7-8H2,2H3. The van der Waals surface area contributed by atoms with Crippen molar-refractivity contribution in [3.63, 3.8) is 0 Å². The van der Waals surface area contributed by atoms with Gasteiger partial charge in [0.2, 0.25) is 0 Å². The molecule has 0 heterocycles. The van der Waals surface area contributed by atoms with Gasteiger partial charge in [-0.05, 0) is 143 Å². The zero-order valence-electron chi connectivity index (χ0n) is 33.8. The van der Waals surface area contributed by atoms with E-state index in [-0.39, 0.29) is 11.6 Å². The van der Waals surface area contributed by atoms with Gasteiger partial charge in [-0.3, -0.25) is 0 Å². The molecule has 2 nitrogen and oxygen atoms in total. The van der Waals surface area contributed by atoms with Gasteiger partial charge in [0.15, 0.2) is 0 Å². The zero-order chi connectivity index (χ0) is 41.9. The second-order valence-corrected chi connectivity index (χ2v) is 14.1. The number of nitrogen functional groups attached to an aromatic ring is 2. The summed E-state index contributed by atoms with van der Waals surface area (Å²) in [5.41, 5.74) is 26.0. The number of benzene rings is 6. The van der Waals surface area contributed by atoms with E-state index in [1.54, 1.807) is 36.4 Å². The Labute approximate surface area is 345 Å². The molecule has 0 amide bonds. The van der Waals surface area contributed by atoms with Gasteiger partial charge in [-0.1, -0.05) is 117 Å². The Morgan fingerprint density at radius 2 is 0.897 bits per heavy atom. The van der Waals surface area contributed by atoms with Crippen LogP contribution in [0.3, 0.4) is 0 Å². The van der Waals surface area contributed by atoms with Crippen molar-refractivity contribution in [2.24, 2.45) is 0 Å². The van der Waals surface area contributed by atoms with Crippen molar-refractivity contribution in [2.45, 2.75) is 51.9 Å². The molecule has 6 aromatic carbocycles. The third-order valence-corrected chi connectivity index (χ3v) is 9.55.